The van der Waals surface area contributed by atoms with Gasteiger partial charge in [0.1, 0.15) is 29.0 Å². The van der Waals surface area contributed by atoms with Crippen molar-refractivity contribution in [3.8, 4) is 6.07 Å². The molecule has 1 saturated carbocycles. The molecule has 0 saturated heterocycles. The molecule has 1 aromatic rings. The molecule has 2 rings (SSSR count). The molecular formula is C10H12N4O2S. The van der Waals surface area contributed by atoms with Crippen molar-refractivity contribution in [2.45, 2.75) is 31.1 Å². The summed E-state index contributed by atoms with van der Waals surface area (Å²) in [5.74, 6) is 0.615. The smallest absolute Gasteiger partial charge is 0.160 e. The zero-order valence-electron chi connectivity index (χ0n) is 9.09. The minimum atomic E-state index is -1.97. The summed E-state index contributed by atoms with van der Waals surface area (Å²) in [6.07, 6.45) is 4.70. The molecule has 0 spiro atoms. The van der Waals surface area contributed by atoms with Crippen molar-refractivity contribution in [2.75, 3.05) is 5.32 Å². The van der Waals surface area contributed by atoms with Crippen molar-refractivity contribution in [1.29, 1.82) is 5.26 Å². The van der Waals surface area contributed by atoms with Gasteiger partial charge in [-0.3, -0.25) is 0 Å². The maximum atomic E-state index is 10.7. The summed E-state index contributed by atoms with van der Waals surface area (Å²) < 4.78 is 19.4. The lowest BCUT2D eigenvalue weighted by molar-refractivity contribution is 0.444. The van der Waals surface area contributed by atoms with Crippen LogP contribution in [0.1, 0.15) is 30.7 Å². The van der Waals surface area contributed by atoms with Crippen molar-refractivity contribution in [2.24, 2.45) is 0 Å². The van der Waals surface area contributed by atoms with Gasteiger partial charge in [-0.25, -0.2) is 14.2 Å². The van der Waals surface area contributed by atoms with E-state index in [0.29, 0.717) is 17.4 Å². The summed E-state index contributed by atoms with van der Waals surface area (Å²) in [5.41, 5.74) is 0.365. The molecule has 2 N–H and O–H groups in total. The number of rotatable bonds is 4. The molecule has 1 atom stereocenters. The van der Waals surface area contributed by atoms with E-state index in [1.807, 2.05) is 6.07 Å². The van der Waals surface area contributed by atoms with E-state index in [-0.39, 0.29) is 11.6 Å². The first-order valence-corrected chi connectivity index (χ1v) is 6.56. The Labute approximate surface area is 101 Å². The monoisotopic (exact) mass is 252 g/mol. The van der Waals surface area contributed by atoms with Gasteiger partial charge in [-0.05, 0) is 19.3 Å². The number of hydrogen-bond donors (Lipinski definition) is 2. The van der Waals surface area contributed by atoms with Crippen molar-refractivity contribution in [3.05, 3.63) is 17.6 Å². The first-order chi connectivity index (χ1) is 8.19. The number of anilines is 1. The topological polar surface area (TPSA) is 98.9 Å². The van der Waals surface area contributed by atoms with Crippen LogP contribution in [0.5, 0.6) is 0 Å². The van der Waals surface area contributed by atoms with E-state index in [9.17, 15) is 4.21 Å². The molecule has 1 aromatic heterocycles. The van der Waals surface area contributed by atoms with Gasteiger partial charge < -0.3 is 9.87 Å². The molecule has 1 unspecified atom stereocenters. The van der Waals surface area contributed by atoms with Crippen LogP contribution in [0, 0.1) is 11.3 Å². The van der Waals surface area contributed by atoms with Crippen LogP contribution in [-0.2, 0) is 16.8 Å². The van der Waals surface area contributed by atoms with E-state index in [1.54, 1.807) is 0 Å². The van der Waals surface area contributed by atoms with Crippen LogP contribution in [0.3, 0.4) is 0 Å². The van der Waals surface area contributed by atoms with Crippen LogP contribution in [0.2, 0.25) is 0 Å². The highest BCUT2D eigenvalue weighted by atomic mass is 32.2. The summed E-state index contributed by atoms with van der Waals surface area (Å²) in [6, 6.07) is 2.36. The largest absolute Gasteiger partial charge is 0.366 e. The molecule has 90 valence electrons. The van der Waals surface area contributed by atoms with Gasteiger partial charge in [-0.1, -0.05) is 0 Å². The number of nitrogens with zero attached hydrogens (tertiary/aromatic N) is 3. The normalized spacial score (nSPS) is 16.9. The Morgan fingerprint density at radius 2 is 2.41 bits per heavy atom. The molecule has 1 aliphatic carbocycles. The van der Waals surface area contributed by atoms with E-state index in [1.165, 1.54) is 12.6 Å². The summed E-state index contributed by atoms with van der Waals surface area (Å²) in [5, 5.41) is 12.1. The lowest BCUT2D eigenvalue weighted by Gasteiger charge is -2.27. The van der Waals surface area contributed by atoms with Crippen LogP contribution >= 0.6 is 0 Å². The first kappa shape index (κ1) is 12.0. The molecule has 0 bridgehead atoms. The lowest BCUT2D eigenvalue weighted by atomic mass is 9.93. The Morgan fingerprint density at radius 3 is 2.94 bits per heavy atom. The van der Waals surface area contributed by atoms with Crippen molar-refractivity contribution in [1.82, 2.24) is 9.97 Å². The zero-order valence-corrected chi connectivity index (χ0v) is 9.90. The molecule has 7 heteroatoms. The number of nitrogens with one attached hydrogen (secondary N) is 1. The highest BCUT2D eigenvalue weighted by Gasteiger charge is 2.19. The van der Waals surface area contributed by atoms with Gasteiger partial charge >= 0.3 is 0 Å². The summed E-state index contributed by atoms with van der Waals surface area (Å²) in [7, 11) is 0. The van der Waals surface area contributed by atoms with Crippen LogP contribution in [0.4, 0.5) is 5.82 Å². The van der Waals surface area contributed by atoms with E-state index in [0.717, 1.165) is 12.8 Å². The average Bonchev–Trinajstić information content (AvgIpc) is 2.23. The number of nitriles is 1. The predicted octanol–water partition coefficient (Wildman–Crippen LogP) is 1.03. The van der Waals surface area contributed by atoms with Crippen LogP contribution in [-0.4, -0.2) is 24.8 Å². The van der Waals surface area contributed by atoms with Crippen LogP contribution in [0.15, 0.2) is 6.20 Å². The fourth-order valence-corrected chi connectivity index (χ4v) is 1.90. The quantitative estimate of drug-likeness (QED) is 0.777. The van der Waals surface area contributed by atoms with E-state index >= 15 is 0 Å². The lowest BCUT2D eigenvalue weighted by Crippen LogP contribution is -2.28. The van der Waals surface area contributed by atoms with Crippen molar-refractivity contribution in [3.63, 3.8) is 0 Å². The second-order valence-corrected chi connectivity index (χ2v) is 4.83. The molecule has 1 fully saturated rings. The zero-order chi connectivity index (χ0) is 12.3. The SMILES string of the molecule is N#Cc1cnc(CS(=O)O)nc1NC1CCC1. The maximum Gasteiger partial charge on any atom is 0.160 e. The average molecular weight is 252 g/mol. The summed E-state index contributed by atoms with van der Waals surface area (Å²) in [4.78, 5) is 7.98. The summed E-state index contributed by atoms with van der Waals surface area (Å²) in [6.45, 7) is 0. The van der Waals surface area contributed by atoms with E-state index < -0.39 is 11.1 Å². The third-order valence-corrected chi connectivity index (χ3v) is 3.16. The van der Waals surface area contributed by atoms with Gasteiger partial charge in [0.15, 0.2) is 11.1 Å². The van der Waals surface area contributed by atoms with Crippen LogP contribution < -0.4 is 5.32 Å². The second kappa shape index (κ2) is 5.21. The fourth-order valence-electron chi connectivity index (χ4n) is 1.54. The van der Waals surface area contributed by atoms with Crippen molar-refractivity contribution >= 4 is 16.9 Å². The molecule has 1 aliphatic rings. The third-order valence-electron chi connectivity index (χ3n) is 2.66. The molecule has 1 heterocycles. The number of hydrogen-bond acceptors (Lipinski definition) is 5. The Morgan fingerprint density at radius 1 is 1.65 bits per heavy atom. The Hall–Kier alpha value is -1.52. The molecule has 6 nitrogen and oxygen atoms in total. The Bertz CT molecular complexity index is 482. The maximum absolute atomic E-state index is 10.7. The highest BCUT2D eigenvalue weighted by molar-refractivity contribution is 7.78. The molecule has 0 radical (unpaired) electrons. The summed E-state index contributed by atoms with van der Waals surface area (Å²) >= 11 is -1.97. The molecule has 0 amide bonds. The van der Waals surface area contributed by atoms with Gasteiger partial charge in [0.05, 0.1) is 6.20 Å². The van der Waals surface area contributed by atoms with Gasteiger partial charge in [-0.2, -0.15) is 5.26 Å². The third kappa shape index (κ3) is 2.99. The molecule has 0 aromatic carbocycles. The second-order valence-electron chi connectivity index (χ2n) is 3.90. The van der Waals surface area contributed by atoms with Gasteiger partial charge in [0, 0.05) is 6.04 Å². The van der Waals surface area contributed by atoms with Crippen LogP contribution in [0.25, 0.3) is 0 Å². The van der Waals surface area contributed by atoms with Gasteiger partial charge in [0.25, 0.3) is 0 Å². The van der Waals surface area contributed by atoms with Gasteiger partial charge in [0.2, 0.25) is 0 Å². The Kier molecular flexibility index (Phi) is 3.66. The van der Waals surface area contributed by atoms with E-state index in [2.05, 4.69) is 15.3 Å². The van der Waals surface area contributed by atoms with E-state index in [4.69, 9.17) is 9.81 Å². The molecule has 17 heavy (non-hydrogen) atoms. The number of aromatic nitrogens is 2. The predicted molar refractivity (Wildman–Crippen MR) is 62.5 cm³/mol. The van der Waals surface area contributed by atoms with Gasteiger partial charge in [-0.15, -0.1) is 0 Å². The minimum Gasteiger partial charge on any atom is -0.366 e. The molecule has 0 aliphatic heterocycles. The fraction of sp³-hybridized carbons (Fsp3) is 0.500. The minimum absolute atomic E-state index is 0.120. The standard InChI is InChI=1S/C10H12N4O2S/c11-4-7-5-12-9(6-17(15)16)14-10(7)13-8-2-1-3-8/h5,8H,1-3,6H2,(H,15,16)(H,12,13,14). The first-order valence-electron chi connectivity index (χ1n) is 5.29. The Balaban J connectivity index is 2.19. The van der Waals surface area contributed by atoms with Crippen molar-refractivity contribution < 1.29 is 8.76 Å². The highest BCUT2D eigenvalue weighted by Crippen LogP contribution is 2.23. The molecular weight excluding hydrogens is 240 g/mol.